The van der Waals surface area contributed by atoms with Crippen molar-refractivity contribution in [2.45, 2.75) is 19.9 Å². The van der Waals surface area contributed by atoms with Crippen LogP contribution in [0.5, 0.6) is 0 Å². The maximum Gasteiger partial charge on any atom is 0.244 e. The zero-order valence-corrected chi connectivity index (χ0v) is 12.8. The Morgan fingerprint density at radius 2 is 2.42 bits per heavy atom. The Morgan fingerprint density at radius 3 is 3.11 bits per heavy atom. The summed E-state index contributed by atoms with van der Waals surface area (Å²) < 4.78 is 0.987. The molecule has 0 bridgehead atoms. The third kappa shape index (κ3) is 3.25. The molecule has 2 rings (SSSR count). The van der Waals surface area contributed by atoms with Crippen LogP contribution in [-0.4, -0.2) is 43.1 Å². The van der Waals surface area contributed by atoms with Crippen LogP contribution in [0.4, 0.5) is 5.82 Å². The van der Waals surface area contributed by atoms with Crippen LogP contribution in [0, 0.1) is 6.92 Å². The van der Waals surface area contributed by atoms with E-state index in [-0.39, 0.29) is 11.9 Å². The number of hydrogen-bond acceptors (Lipinski definition) is 4. The van der Waals surface area contributed by atoms with E-state index < -0.39 is 0 Å². The molecular formula is C13H19BrN4O. The second-order valence-electron chi connectivity index (χ2n) is 4.54. The van der Waals surface area contributed by atoms with Gasteiger partial charge in [0.2, 0.25) is 5.91 Å². The van der Waals surface area contributed by atoms with Gasteiger partial charge in [0.25, 0.3) is 0 Å². The minimum Gasteiger partial charge on any atom is -0.355 e. The Labute approximate surface area is 121 Å². The molecule has 0 spiro atoms. The minimum atomic E-state index is -0.193. The van der Waals surface area contributed by atoms with Crippen LogP contribution in [0.15, 0.2) is 16.6 Å². The largest absolute Gasteiger partial charge is 0.355 e. The lowest BCUT2D eigenvalue weighted by Gasteiger charge is -2.36. The number of halogens is 1. The van der Waals surface area contributed by atoms with Crippen LogP contribution in [-0.2, 0) is 4.79 Å². The van der Waals surface area contributed by atoms with E-state index in [9.17, 15) is 4.79 Å². The lowest BCUT2D eigenvalue weighted by molar-refractivity contribution is -0.122. The quantitative estimate of drug-likeness (QED) is 0.872. The van der Waals surface area contributed by atoms with Crippen molar-refractivity contribution in [3.05, 3.63) is 22.3 Å². The number of nitrogens with zero attached hydrogens (tertiary/aromatic N) is 2. The molecule has 0 saturated carbocycles. The van der Waals surface area contributed by atoms with Gasteiger partial charge in [-0.1, -0.05) is 0 Å². The standard InChI is InChI=1S/C13H19BrN4O/c1-3-16-13(19)11-8-15-6-7-18(11)12-5-4-10(14)9(2)17-12/h4-5,11,15H,3,6-8H2,1-2H3,(H,16,19). The van der Waals surface area contributed by atoms with E-state index in [1.165, 1.54) is 0 Å². The van der Waals surface area contributed by atoms with Crippen LogP contribution in [0.25, 0.3) is 0 Å². The smallest absolute Gasteiger partial charge is 0.244 e. The molecule has 0 aromatic carbocycles. The average molecular weight is 327 g/mol. The monoisotopic (exact) mass is 326 g/mol. The molecule has 1 aromatic heterocycles. The molecule has 1 fully saturated rings. The predicted octanol–water partition coefficient (Wildman–Crippen LogP) is 1.07. The molecule has 0 aliphatic carbocycles. The van der Waals surface area contributed by atoms with Crippen molar-refractivity contribution in [3.8, 4) is 0 Å². The Bertz CT molecular complexity index is 466. The van der Waals surface area contributed by atoms with Crippen LogP contribution >= 0.6 is 15.9 Å². The molecule has 104 valence electrons. The highest BCUT2D eigenvalue weighted by Crippen LogP contribution is 2.21. The molecular weight excluding hydrogens is 308 g/mol. The second-order valence-corrected chi connectivity index (χ2v) is 5.40. The topological polar surface area (TPSA) is 57.3 Å². The van der Waals surface area contributed by atoms with Gasteiger partial charge in [-0.3, -0.25) is 4.79 Å². The van der Waals surface area contributed by atoms with E-state index in [0.717, 1.165) is 29.1 Å². The van der Waals surface area contributed by atoms with Crippen molar-refractivity contribution in [2.24, 2.45) is 0 Å². The SMILES string of the molecule is CCNC(=O)C1CNCCN1c1ccc(Br)c(C)n1. The van der Waals surface area contributed by atoms with Crippen LogP contribution < -0.4 is 15.5 Å². The summed E-state index contributed by atoms with van der Waals surface area (Å²) in [6.45, 7) is 6.85. The number of carbonyl (C=O) groups excluding carboxylic acids is 1. The summed E-state index contributed by atoms with van der Waals surface area (Å²) in [5, 5.41) is 6.14. The molecule has 2 N–H and O–H groups in total. The van der Waals surface area contributed by atoms with Crippen molar-refractivity contribution in [2.75, 3.05) is 31.1 Å². The molecule has 1 aliphatic rings. The summed E-state index contributed by atoms with van der Waals surface area (Å²) in [5.74, 6) is 0.913. The van der Waals surface area contributed by atoms with E-state index in [1.54, 1.807) is 0 Å². The highest BCUT2D eigenvalue weighted by Gasteiger charge is 2.29. The first-order chi connectivity index (χ1) is 9.13. The zero-order chi connectivity index (χ0) is 13.8. The molecule has 0 radical (unpaired) electrons. The van der Waals surface area contributed by atoms with E-state index in [1.807, 2.05) is 26.0 Å². The lowest BCUT2D eigenvalue weighted by Crippen LogP contribution is -2.58. The summed E-state index contributed by atoms with van der Waals surface area (Å²) in [6.07, 6.45) is 0. The number of amides is 1. The first kappa shape index (κ1) is 14.3. The minimum absolute atomic E-state index is 0.0528. The number of hydrogen-bond donors (Lipinski definition) is 2. The number of aromatic nitrogens is 1. The van der Waals surface area contributed by atoms with Gasteiger partial charge in [0.1, 0.15) is 11.9 Å². The van der Waals surface area contributed by atoms with E-state index in [2.05, 4.69) is 36.4 Å². The van der Waals surface area contributed by atoms with Crippen molar-refractivity contribution < 1.29 is 4.79 Å². The van der Waals surface area contributed by atoms with E-state index in [0.29, 0.717) is 13.1 Å². The Balaban J connectivity index is 2.23. The number of aryl methyl sites for hydroxylation is 1. The maximum atomic E-state index is 12.1. The number of likely N-dealkylation sites (N-methyl/N-ethyl adjacent to an activating group) is 1. The second kappa shape index (κ2) is 6.34. The van der Waals surface area contributed by atoms with E-state index >= 15 is 0 Å². The Kier molecular flexibility index (Phi) is 4.76. The number of piperazine rings is 1. The third-order valence-electron chi connectivity index (χ3n) is 3.20. The fourth-order valence-electron chi connectivity index (χ4n) is 2.20. The molecule has 1 saturated heterocycles. The highest BCUT2D eigenvalue weighted by molar-refractivity contribution is 9.10. The number of carbonyl (C=O) groups is 1. The van der Waals surface area contributed by atoms with Crippen molar-refractivity contribution in [3.63, 3.8) is 0 Å². The summed E-state index contributed by atoms with van der Waals surface area (Å²) in [4.78, 5) is 18.7. The first-order valence-electron chi connectivity index (χ1n) is 6.51. The fourth-order valence-corrected chi connectivity index (χ4v) is 2.42. The molecule has 1 aliphatic heterocycles. The van der Waals surface area contributed by atoms with Gasteiger partial charge in [0, 0.05) is 30.7 Å². The third-order valence-corrected chi connectivity index (χ3v) is 4.04. The predicted molar refractivity (Wildman–Crippen MR) is 79.4 cm³/mol. The summed E-state index contributed by atoms with van der Waals surface area (Å²) in [6, 6.07) is 3.74. The molecule has 1 aromatic rings. The summed E-state index contributed by atoms with van der Waals surface area (Å²) in [7, 11) is 0. The highest BCUT2D eigenvalue weighted by atomic mass is 79.9. The summed E-state index contributed by atoms with van der Waals surface area (Å²) in [5.41, 5.74) is 0.936. The van der Waals surface area contributed by atoms with Gasteiger partial charge in [-0.2, -0.15) is 0 Å². The Hall–Kier alpha value is -1.14. The maximum absolute atomic E-state index is 12.1. The average Bonchev–Trinajstić information content (AvgIpc) is 2.42. The molecule has 1 amide bonds. The van der Waals surface area contributed by atoms with Gasteiger partial charge in [-0.15, -0.1) is 0 Å². The van der Waals surface area contributed by atoms with Gasteiger partial charge in [0.15, 0.2) is 0 Å². The first-order valence-corrected chi connectivity index (χ1v) is 7.31. The number of pyridine rings is 1. The normalized spacial score (nSPS) is 19.3. The number of nitrogens with one attached hydrogen (secondary N) is 2. The van der Waals surface area contributed by atoms with Gasteiger partial charge < -0.3 is 15.5 Å². The molecule has 1 unspecified atom stereocenters. The van der Waals surface area contributed by atoms with Gasteiger partial charge in [-0.25, -0.2) is 4.98 Å². The lowest BCUT2D eigenvalue weighted by atomic mass is 10.1. The van der Waals surface area contributed by atoms with Crippen molar-refractivity contribution in [1.29, 1.82) is 0 Å². The number of rotatable bonds is 3. The molecule has 19 heavy (non-hydrogen) atoms. The van der Waals surface area contributed by atoms with Crippen LogP contribution in [0.1, 0.15) is 12.6 Å². The molecule has 1 atom stereocenters. The zero-order valence-electron chi connectivity index (χ0n) is 11.2. The molecule has 6 heteroatoms. The molecule has 2 heterocycles. The number of anilines is 1. The van der Waals surface area contributed by atoms with Crippen LogP contribution in [0.3, 0.4) is 0 Å². The summed E-state index contributed by atoms with van der Waals surface area (Å²) >= 11 is 3.45. The van der Waals surface area contributed by atoms with Gasteiger partial charge in [-0.05, 0) is 41.9 Å². The van der Waals surface area contributed by atoms with Gasteiger partial charge >= 0.3 is 0 Å². The van der Waals surface area contributed by atoms with Crippen LogP contribution in [0.2, 0.25) is 0 Å². The fraction of sp³-hybridized carbons (Fsp3) is 0.538. The molecule has 5 nitrogen and oxygen atoms in total. The van der Waals surface area contributed by atoms with E-state index in [4.69, 9.17) is 0 Å². The van der Waals surface area contributed by atoms with Crippen molar-refractivity contribution in [1.82, 2.24) is 15.6 Å². The van der Waals surface area contributed by atoms with Crippen molar-refractivity contribution >= 4 is 27.7 Å². The van der Waals surface area contributed by atoms with Gasteiger partial charge in [0.05, 0.1) is 5.69 Å². The Morgan fingerprint density at radius 1 is 1.63 bits per heavy atom.